The maximum atomic E-state index is 12.5. The van der Waals surface area contributed by atoms with Crippen molar-refractivity contribution in [3.8, 4) is 6.07 Å². The van der Waals surface area contributed by atoms with Gasteiger partial charge in [0.05, 0.1) is 17.4 Å². The zero-order valence-corrected chi connectivity index (χ0v) is 14.6. The Morgan fingerprint density at radius 1 is 1.38 bits per heavy atom. The first-order valence-corrected chi connectivity index (χ1v) is 8.84. The molecule has 2 aliphatic rings. The van der Waals surface area contributed by atoms with Crippen molar-refractivity contribution in [2.24, 2.45) is 5.92 Å². The summed E-state index contributed by atoms with van der Waals surface area (Å²) < 4.78 is 5.77. The fourth-order valence-corrected chi connectivity index (χ4v) is 3.90. The van der Waals surface area contributed by atoms with Crippen LogP contribution in [-0.4, -0.2) is 36.7 Å². The molecule has 3 rings (SSSR count). The number of hydrogen-bond acceptors (Lipinski definition) is 3. The number of carbonyl (C=O) groups excluding carboxylic acids is 1. The first-order chi connectivity index (χ1) is 11.6. The van der Waals surface area contributed by atoms with E-state index in [9.17, 15) is 10.1 Å². The lowest BCUT2D eigenvalue weighted by Gasteiger charge is -2.34. The average Bonchev–Trinajstić information content (AvgIpc) is 3.11. The van der Waals surface area contributed by atoms with Crippen LogP contribution >= 0.6 is 11.6 Å². The van der Waals surface area contributed by atoms with Crippen LogP contribution in [0.3, 0.4) is 0 Å². The lowest BCUT2D eigenvalue weighted by atomic mass is 9.90. The quantitative estimate of drug-likeness (QED) is 0.881. The maximum Gasteiger partial charge on any atom is 0.321 e. The molecule has 0 saturated carbocycles. The van der Waals surface area contributed by atoms with Gasteiger partial charge in [0.25, 0.3) is 0 Å². The Labute approximate surface area is 147 Å². The molecule has 1 aromatic rings. The molecular formula is C18H22ClN3O2. The highest BCUT2D eigenvalue weighted by atomic mass is 35.5. The van der Waals surface area contributed by atoms with Crippen LogP contribution in [0.25, 0.3) is 0 Å². The van der Waals surface area contributed by atoms with Crippen molar-refractivity contribution in [2.45, 2.75) is 38.7 Å². The van der Waals surface area contributed by atoms with Crippen LogP contribution in [0.5, 0.6) is 0 Å². The standard InChI is InChI=1S/C18H22ClN3O2/c1-12-9-15(19)10-14(11-20)17(12)21-18(23)22-6-4-13(5-7-22)16-3-2-8-24-16/h9-10,13,16H,2-8H2,1H3,(H,21,23). The number of halogens is 1. The molecule has 2 saturated heterocycles. The second-order valence-corrected chi connectivity index (χ2v) is 7.00. The summed E-state index contributed by atoms with van der Waals surface area (Å²) in [5, 5.41) is 12.6. The van der Waals surface area contributed by atoms with Crippen LogP contribution < -0.4 is 5.32 Å². The van der Waals surface area contributed by atoms with Crippen molar-refractivity contribution in [1.29, 1.82) is 5.26 Å². The molecular weight excluding hydrogens is 326 g/mol. The third-order valence-electron chi connectivity index (χ3n) is 4.97. The fourth-order valence-electron chi connectivity index (χ4n) is 3.63. The van der Waals surface area contributed by atoms with E-state index in [1.807, 2.05) is 11.8 Å². The second-order valence-electron chi connectivity index (χ2n) is 6.56. The number of carbonyl (C=O) groups is 1. The van der Waals surface area contributed by atoms with Crippen molar-refractivity contribution in [2.75, 3.05) is 25.0 Å². The van der Waals surface area contributed by atoms with Crippen LogP contribution in [0, 0.1) is 24.2 Å². The number of urea groups is 1. The van der Waals surface area contributed by atoms with Gasteiger partial charge in [0.15, 0.2) is 0 Å². The highest BCUT2D eigenvalue weighted by Crippen LogP contribution is 2.30. The lowest BCUT2D eigenvalue weighted by Crippen LogP contribution is -2.43. The monoisotopic (exact) mass is 347 g/mol. The predicted molar refractivity (Wildman–Crippen MR) is 93.2 cm³/mol. The number of piperidine rings is 1. The number of nitrogens with one attached hydrogen (secondary N) is 1. The fraction of sp³-hybridized carbons (Fsp3) is 0.556. The van der Waals surface area contributed by atoms with Gasteiger partial charge in [0.2, 0.25) is 0 Å². The van der Waals surface area contributed by atoms with E-state index < -0.39 is 0 Å². The Bertz CT molecular complexity index is 657. The largest absolute Gasteiger partial charge is 0.378 e. The summed E-state index contributed by atoms with van der Waals surface area (Å²) in [6.45, 7) is 4.17. The number of anilines is 1. The molecule has 0 spiro atoms. The molecule has 2 aliphatic heterocycles. The first-order valence-electron chi connectivity index (χ1n) is 8.46. The van der Waals surface area contributed by atoms with E-state index in [0.717, 1.165) is 50.9 Å². The molecule has 0 radical (unpaired) electrons. The van der Waals surface area contributed by atoms with Crippen LogP contribution in [0.2, 0.25) is 5.02 Å². The Hall–Kier alpha value is -1.77. The van der Waals surface area contributed by atoms with Crippen LogP contribution in [0.1, 0.15) is 36.8 Å². The van der Waals surface area contributed by atoms with E-state index in [-0.39, 0.29) is 6.03 Å². The van der Waals surface area contributed by atoms with E-state index in [1.54, 1.807) is 12.1 Å². The van der Waals surface area contributed by atoms with E-state index in [1.165, 1.54) is 0 Å². The molecule has 2 fully saturated rings. The van der Waals surface area contributed by atoms with E-state index in [0.29, 0.717) is 28.3 Å². The molecule has 24 heavy (non-hydrogen) atoms. The predicted octanol–water partition coefficient (Wildman–Crippen LogP) is 3.94. The number of nitriles is 1. The minimum Gasteiger partial charge on any atom is -0.378 e. The van der Waals surface area contributed by atoms with Gasteiger partial charge in [-0.2, -0.15) is 5.26 Å². The lowest BCUT2D eigenvalue weighted by molar-refractivity contribution is 0.0382. The molecule has 1 N–H and O–H groups in total. The smallest absolute Gasteiger partial charge is 0.321 e. The van der Waals surface area contributed by atoms with Crippen molar-refractivity contribution in [1.82, 2.24) is 4.90 Å². The minimum atomic E-state index is -0.150. The van der Waals surface area contributed by atoms with E-state index in [2.05, 4.69) is 11.4 Å². The van der Waals surface area contributed by atoms with Gasteiger partial charge in [-0.1, -0.05) is 11.6 Å². The second kappa shape index (κ2) is 7.42. The summed E-state index contributed by atoms with van der Waals surface area (Å²) in [6, 6.07) is 5.27. The Morgan fingerprint density at radius 2 is 2.12 bits per heavy atom. The van der Waals surface area contributed by atoms with Crippen molar-refractivity contribution in [3.05, 3.63) is 28.3 Å². The molecule has 2 amide bonds. The Kier molecular flexibility index (Phi) is 5.27. The third-order valence-corrected chi connectivity index (χ3v) is 5.19. The summed E-state index contributed by atoms with van der Waals surface area (Å²) in [6.07, 6.45) is 4.62. The topological polar surface area (TPSA) is 65.4 Å². The van der Waals surface area contributed by atoms with Gasteiger partial charge >= 0.3 is 6.03 Å². The third kappa shape index (κ3) is 3.66. The first kappa shape index (κ1) is 17.1. The SMILES string of the molecule is Cc1cc(Cl)cc(C#N)c1NC(=O)N1CCC(C2CCCO2)CC1. The van der Waals surface area contributed by atoms with Gasteiger partial charge in [-0.25, -0.2) is 4.79 Å². The number of benzene rings is 1. The van der Waals surface area contributed by atoms with Crippen molar-refractivity contribution < 1.29 is 9.53 Å². The molecule has 5 nitrogen and oxygen atoms in total. The van der Waals surface area contributed by atoms with Crippen molar-refractivity contribution in [3.63, 3.8) is 0 Å². The number of aryl methyl sites for hydroxylation is 1. The Balaban J connectivity index is 1.61. The molecule has 1 unspecified atom stereocenters. The maximum absolute atomic E-state index is 12.5. The highest BCUT2D eigenvalue weighted by molar-refractivity contribution is 6.31. The number of likely N-dealkylation sites (tertiary alicyclic amines) is 1. The number of rotatable bonds is 2. The van der Waals surface area contributed by atoms with Crippen LogP contribution in [-0.2, 0) is 4.74 Å². The summed E-state index contributed by atoms with van der Waals surface area (Å²) in [5.41, 5.74) is 1.73. The summed E-state index contributed by atoms with van der Waals surface area (Å²) >= 11 is 5.98. The zero-order valence-electron chi connectivity index (χ0n) is 13.8. The van der Waals surface area contributed by atoms with Gasteiger partial charge < -0.3 is 15.0 Å². The molecule has 2 heterocycles. The molecule has 1 atom stereocenters. The number of ether oxygens (including phenoxy) is 1. The van der Waals surface area contributed by atoms with E-state index >= 15 is 0 Å². The van der Waals surface area contributed by atoms with Gasteiger partial charge in [0.1, 0.15) is 6.07 Å². The number of nitrogens with zero attached hydrogens (tertiary/aromatic N) is 2. The van der Waals surface area contributed by atoms with Gasteiger partial charge in [0, 0.05) is 24.7 Å². The summed E-state index contributed by atoms with van der Waals surface area (Å²) in [4.78, 5) is 14.4. The van der Waals surface area contributed by atoms with Crippen LogP contribution in [0.15, 0.2) is 12.1 Å². The summed E-state index contributed by atoms with van der Waals surface area (Å²) in [5.74, 6) is 0.559. The summed E-state index contributed by atoms with van der Waals surface area (Å²) in [7, 11) is 0. The molecule has 0 aromatic heterocycles. The zero-order chi connectivity index (χ0) is 17.1. The highest BCUT2D eigenvalue weighted by Gasteiger charge is 2.31. The molecule has 0 aliphatic carbocycles. The van der Waals surface area contributed by atoms with Gasteiger partial charge in [-0.05, 0) is 56.2 Å². The average molecular weight is 348 g/mol. The van der Waals surface area contributed by atoms with Gasteiger partial charge in [-0.15, -0.1) is 0 Å². The normalized spacial score (nSPS) is 21.5. The molecule has 6 heteroatoms. The minimum absolute atomic E-state index is 0.150. The van der Waals surface area contributed by atoms with E-state index in [4.69, 9.17) is 16.3 Å². The number of amides is 2. The Morgan fingerprint density at radius 3 is 2.75 bits per heavy atom. The number of hydrogen-bond donors (Lipinski definition) is 1. The molecule has 0 bridgehead atoms. The molecule has 1 aromatic carbocycles. The van der Waals surface area contributed by atoms with Gasteiger partial charge in [-0.3, -0.25) is 0 Å². The van der Waals surface area contributed by atoms with Crippen molar-refractivity contribution >= 4 is 23.3 Å². The van der Waals surface area contributed by atoms with Crippen LogP contribution in [0.4, 0.5) is 10.5 Å². The molecule has 128 valence electrons.